The second-order valence-electron chi connectivity index (χ2n) is 4.99. The average Bonchev–Trinajstić information content (AvgIpc) is 2.62. The van der Waals surface area contributed by atoms with Gasteiger partial charge < -0.3 is 24.1 Å². The molecule has 2 aromatic rings. The molecule has 1 aromatic heterocycles. The quantitative estimate of drug-likeness (QED) is 0.792. The number of rotatable bonds is 6. The Hall–Kier alpha value is -3.29. The molecule has 0 saturated heterocycles. The van der Waals surface area contributed by atoms with E-state index in [0.29, 0.717) is 17.2 Å². The number of nitrogens with zero attached hydrogens (tertiary/aromatic N) is 1. The standard InChI is InChI=1S/C17H18N2O6/c1-23-13-6-5-12(8-14(13)24-2)18-15(20)10-19-9-11(17(22)25-3)4-7-16(19)21/h4-9H,10H2,1-3H3,(H,18,20). The number of carbonyl (C=O) groups is 2. The maximum atomic E-state index is 12.2. The van der Waals surface area contributed by atoms with E-state index >= 15 is 0 Å². The van der Waals surface area contributed by atoms with Crippen molar-refractivity contribution in [1.29, 1.82) is 0 Å². The molecule has 0 aliphatic carbocycles. The SMILES string of the molecule is COC(=O)c1ccc(=O)n(CC(=O)Nc2ccc(OC)c(OC)c2)c1. The third kappa shape index (κ3) is 4.37. The zero-order chi connectivity index (χ0) is 18.4. The molecule has 132 valence electrons. The first kappa shape index (κ1) is 18.1. The van der Waals surface area contributed by atoms with E-state index in [1.807, 2.05) is 0 Å². The summed E-state index contributed by atoms with van der Waals surface area (Å²) >= 11 is 0. The molecule has 8 heteroatoms. The molecule has 25 heavy (non-hydrogen) atoms. The van der Waals surface area contributed by atoms with Crippen LogP contribution in [0.3, 0.4) is 0 Å². The molecule has 0 bridgehead atoms. The first-order valence-electron chi connectivity index (χ1n) is 7.29. The minimum absolute atomic E-state index is 0.181. The molecule has 0 radical (unpaired) electrons. The van der Waals surface area contributed by atoms with E-state index in [0.717, 1.165) is 4.57 Å². The minimum Gasteiger partial charge on any atom is -0.493 e. The van der Waals surface area contributed by atoms with E-state index in [9.17, 15) is 14.4 Å². The van der Waals surface area contributed by atoms with E-state index in [1.165, 1.54) is 39.7 Å². The predicted octanol–water partition coefficient (Wildman–Crippen LogP) is 1.29. The van der Waals surface area contributed by atoms with Crippen LogP contribution in [-0.4, -0.2) is 37.8 Å². The maximum Gasteiger partial charge on any atom is 0.339 e. The number of esters is 1. The van der Waals surface area contributed by atoms with Gasteiger partial charge >= 0.3 is 5.97 Å². The number of nitrogens with one attached hydrogen (secondary N) is 1. The normalized spacial score (nSPS) is 10.0. The largest absolute Gasteiger partial charge is 0.493 e. The van der Waals surface area contributed by atoms with Crippen LogP contribution in [0.2, 0.25) is 0 Å². The molecule has 1 aromatic carbocycles. The Labute approximate surface area is 143 Å². The summed E-state index contributed by atoms with van der Waals surface area (Å²) in [6, 6.07) is 7.45. The van der Waals surface area contributed by atoms with Crippen LogP contribution < -0.4 is 20.3 Å². The van der Waals surface area contributed by atoms with E-state index in [-0.39, 0.29) is 12.1 Å². The number of hydrogen-bond acceptors (Lipinski definition) is 6. The van der Waals surface area contributed by atoms with Crippen LogP contribution in [-0.2, 0) is 16.1 Å². The first-order valence-corrected chi connectivity index (χ1v) is 7.29. The number of aromatic nitrogens is 1. The molecule has 1 amide bonds. The highest BCUT2D eigenvalue weighted by atomic mass is 16.5. The number of anilines is 1. The van der Waals surface area contributed by atoms with Crippen molar-refractivity contribution in [2.75, 3.05) is 26.6 Å². The Morgan fingerprint density at radius 3 is 2.40 bits per heavy atom. The topological polar surface area (TPSA) is 95.9 Å². The maximum absolute atomic E-state index is 12.2. The summed E-state index contributed by atoms with van der Waals surface area (Å²) < 4.78 is 16.0. The van der Waals surface area contributed by atoms with Gasteiger partial charge in [-0.3, -0.25) is 9.59 Å². The van der Waals surface area contributed by atoms with E-state index in [1.54, 1.807) is 18.2 Å². The fourth-order valence-electron chi connectivity index (χ4n) is 2.16. The molecule has 0 saturated carbocycles. The molecular weight excluding hydrogens is 328 g/mol. The number of hydrogen-bond donors (Lipinski definition) is 1. The van der Waals surface area contributed by atoms with Gasteiger partial charge in [-0.1, -0.05) is 0 Å². The lowest BCUT2D eigenvalue weighted by Gasteiger charge is -2.11. The Morgan fingerprint density at radius 1 is 1.04 bits per heavy atom. The van der Waals surface area contributed by atoms with Gasteiger partial charge in [0.15, 0.2) is 11.5 Å². The Bertz CT molecular complexity index is 843. The number of amides is 1. The molecule has 0 unspecified atom stereocenters. The van der Waals surface area contributed by atoms with Crippen LogP contribution in [0.4, 0.5) is 5.69 Å². The van der Waals surface area contributed by atoms with Crippen LogP contribution in [0.25, 0.3) is 0 Å². The monoisotopic (exact) mass is 346 g/mol. The molecule has 0 spiro atoms. The smallest absolute Gasteiger partial charge is 0.339 e. The van der Waals surface area contributed by atoms with Crippen molar-refractivity contribution in [3.63, 3.8) is 0 Å². The molecular formula is C17H18N2O6. The van der Waals surface area contributed by atoms with E-state index in [2.05, 4.69) is 10.1 Å². The van der Waals surface area contributed by atoms with Crippen molar-refractivity contribution < 1.29 is 23.8 Å². The van der Waals surface area contributed by atoms with Crippen molar-refractivity contribution in [3.05, 3.63) is 52.4 Å². The molecule has 0 aliphatic heterocycles. The van der Waals surface area contributed by atoms with E-state index in [4.69, 9.17) is 9.47 Å². The Kier molecular flexibility index (Phi) is 5.78. The minimum atomic E-state index is -0.589. The fourth-order valence-corrected chi connectivity index (χ4v) is 2.16. The number of carbonyl (C=O) groups excluding carboxylic acids is 2. The van der Waals surface area contributed by atoms with Crippen molar-refractivity contribution in [1.82, 2.24) is 4.57 Å². The van der Waals surface area contributed by atoms with Gasteiger partial charge in [0, 0.05) is 24.0 Å². The van der Waals surface area contributed by atoms with Crippen LogP contribution in [0, 0.1) is 0 Å². The highest BCUT2D eigenvalue weighted by Crippen LogP contribution is 2.29. The second-order valence-corrected chi connectivity index (χ2v) is 4.99. The van der Waals surface area contributed by atoms with Gasteiger partial charge in [0.05, 0.1) is 26.9 Å². The number of ether oxygens (including phenoxy) is 3. The van der Waals surface area contributed by atoms with Gasteiger partial charge in [0.1, 0.15) is 6.54 Å². The predicted molar refractivity (Wildman–Crippen MR) is 90.2 cm³/mol. The fraction of sp³-hybridized carbons (Fsp3) is 0.235. The highest BCUT2D eigenvalue weighted by molar-refractivity contribution is 5.91. The van der Waals surface area contributed by atoms with Crippen LogP contribution in [0.1, 0.15) is 10.4 Å². The molecule has 2 rings (SSSR count). The highest BCUT2D eigenvalue weighted by Gasteiger charge is 2.11. The lowest BCUT2D eigenvalue weighted by molar-refractivity contribution is -0.116. The van der Waals surface area contributed by atoms with Crippen LogP contribution >= 0.6 is 0 Å². The molecule has 0 aliphatic rings. The molecule has 0 atom stereocenters. The average molecular weight is 346 g/mol. The molecule has 1 N–H and O–H groups in total. The van der Waals surface area contributed by atoms with Crippen molar-refractivity contribution in [2.45, 2.75) is 6.54 Å². The summed E-state index contributed by atoms with van der Waals surface area (Å²) in [5.41, 5.74) is 0.260. The Morgan fingerprint density at radius 2 is 1.76 bits per heavy atom. The zero-order valence-corrected chi connectivity index (χ0v) is 14.1. The number of methoxy groups -OCH3 is 3. The summed E-state index contributed by atoms with van der Waals surface area (Å²) in [6.07, 6.45) is 1.28. The van der Waals surface area contributed by atoms with Gasteiger partial charge in [-0.2, -0.15) is 0 Å². The van der Waals surface area contributed by atoms with Gasteiger partial charge in [-0.15, -0.1) is 0 Å². The van der Waals surface area contributed by atoms with Crippen LogP contribution in [0.5, 0.6) is 11.5 Å². The van der Waals surface area contributed by atoms with Gasteiger partial charge in [-0.25, -0.2) is 4.79 Å². The molecule has 1 heterocycles. The van der Waals surface area contributed by atoms with Gasteiger partial charge in [0.2, 0.25) is 5.91 Å². The zero-order valence-electron chi connectivity index (χ0n) is 14.1. The third-order valence-electron chi connectivity index (χ3n) is 3.39. The summed E-state index contributed by atoms with van der Waals surface area (Å²) in [7, 11) is 4.24. The summed E-state index contributed by atoms with van der Waals surface area (Å²) in [5, 5.41) is 2.66. The number of benzene rings is 1. The third-order valence-corrected chi connectivity index (χ3v) is 3.39. The van der Waals surface area contributed by atoms with Crippen molar-refractivity contribution >= 4 is 17.6 Å². The Balaban J connectivity index is 2.15. The van der Waals surface area contributed by atoms with Crippen molar-refractivity contribution in [2.24, 2.45) is 0 Å². The number of pyridine rings is 1. The summed E-state index contributed by atoms with van der Waals surface area (Å²) in [4.78, 5) is 35.5. The first-order chi connectivity index (χ1) is 12.0. The van der Waals surface area contributed by atoms with Crippen LogP contribution in [0.15, 0.2) is 41.3 Å². The van der Waals surface area contributed by atoms with Gasteiger partial charge in [0.25, 0.3) is 5.56 Å². The lowest BCUT2D eigenvalue weighted by atomic mass is 10.2. The van der Waals surface area contributed by atoms with Crippen molar-refractivity contribution in [3.8, 4) is 11.5 Å². The summed E-state index contributed by atoms with van der Waals surface area (Å²) in [5.74, 6) is -0.0296. The molecule has 0 fully saturated rings. The van der Waals surface area contributed by atoms with E-state index < -0.39 is 17.4 Å². The van der Waals surface area contributed by atoms with Gasteiger partial charge in [-0.05, 0) is 18.2 Å². The lowest BCUT2D eigenvalue weighted by Crippen LogP contribution is -2.27. The second kappa shape index (κ2) is 8.00. The molecule has 8 nitrogen and oxygen atoms in total. The summed E-state index contributed by atoms with van der Waals surface area (Å²) in [6.45, 7) is -0.252.